The Kier molecular flexibility index (Phi) is 3.81. The second kappa shape index (κ2) is 5.90. The summed E-state index contributed by atoms with van der Waals surface area (Å²) in [7, 11) is 0. The van der Waals surface area contributed by atoms with Crippen LogP contribution in [0.2, 0.25) is 0 Å². The summed E-state index contributed by atoms with van der Waals surface area (Å²) in [5.41, 5.74) is 1.99. The average molecular weight is 271 g/mol. The van der Waals surface area contributed by atoms with E-state index in [9.17, 15) is 4.79 Å². The van der Waals surface area contributed by atoms with E-state index in [4.69, 9.17) is 4.74 Å². The van der Waals surface area contributed by atoms with Gasteiger partial charge in [0.2, 0.25) is 6.33 Å². The van der Waals surface area contributed by atoms with Crippen LogP contribution in [0, 0.1) is 5.92 Å². The van der Waals surface area contributed by atoms with Gasteiger partial charge in [0.1, 0.15) is 17.6 Å². The van der Waals surface area contributed by atoms with Crippen LogP contribution in [-0.2, 0) is 6.42 Å². The minimum absolute atomic E-state index is 0.277. The number of hydrogen-bond donors (Lipinski definition) is 1. The number of aryl methyl sites for hydroxylation is 1. The zero-order valence-corrected chi connectivity index (χ0v) is 11.4. The Bertz CT molecular complexity index is 557. The van der Waals surface area contributed by atoms with Gasteiger partial charge in [-0.3, -0.25) is 9.78 Å². The lowest BCUT2D eigenvalue weighted by molar-refractivity contribution is -0.376. The van der Waals surface area contributed by atoms with Gasteiger partial charge in [-0.15, -0.1) is 0 Å². The van der Waals surface area contributed by atoms with Crippen molar-refractivity contribution in [1.82, 2.24) is 4.98 Å². The van der Waals surface area contributed by atoms with Crippen LogP contribution in [0.15, 0.2) is 36.8 Å². The molecular weight excluding hydrogens is 252 g/mol. The van der Waals surface area contributed by atoms with E-state index in [1.807, 2.05) is 36.8 Å². The Labute approximate surface area is 118 Å². The fraction of sp³-hybridized carbons (Fsp3) is 0.375. The number of aromatic nitrogens is 2. The Morgan fingerprint density at radius 3 is 2.75 bits per heavy atom. The molecule has 0 unspecified atom stereocenters. The Morgan fingerprint density at radius 1 is 1.30 bits per heavy atom. The number of ether oxygens (including phenoxy) is 1. The normalized spacial score (nSPS) is 14.2. The molecule has 0 aliphatic heterocycles. The van der Waals surface area contributed by atoms with Crippen molar-refractivity contribution in [1.29, 1.82) is 0 Å². The lowest BCUT2D eigenvalue weighted by Gasteiger charge is -2.06. The molecule has 1 heterocycles. The zero-order valence-electron chi connectivity index (χ0n) is 11.4. The van der Waals surface area contributed by atoms with Gasteiger partial charge in [-0.2, -0.15) is 0 Å². The Morgan fingerprint density at radius 2 is 2.10 bits per heavy atom. The number of aromatic amines is 2. The first-order chi connectivity index (χ1) is 9.83. The molecule has 2 N–H and O–H groups in total. The molecule has 4 nitrogen and oxygen atoms in total. The van der Waals surface area contributed by atoms with E-state index in [2.05, 4.69) is 9.97 Å². The molecule has 1 aliphatic rings. The third-order valence-electron chi connectivity index (χ3n) is 3.54. The summed E-state index contributed by atoms with van der Waals surface area (Å²) >= 11 is 0. The molecule has 0 radical (unpaired) electrons. The molecule has 0 atom stereocenters. The number of rotatable bonds is 7. The minimum Gasteiger partial charge on any atom is -0.494 e. The maximum absolute atomic E-state index is 11.9. The van der Waals surface area contributed by atoms with Gasteiger partial charge in [-0.25, -0.2) is 4.98 Å². The number of carbonyl (C=O) groups is 1. The van der Waals surface area contributed by atoms with Gasteiger partial charge in [0.25, 0.3) is 0 Å². The number of hydrogen-bond acceptors (Lipinski definition) is 2. The molecule has 20 heavy (non-hydrogen) atoms. The second-order valence-corrected chi connectivity index (χ2v) is 5.24. The molecule has 1 aromatic heterocycles. The number of imidazole rings is 1. The van der Waals surface area contributed by atoms with E-state index in [1.54, 1.807) is 0 Å². The van der Waals surface area contributed by atoms with Gasteiger partial charge >= 0.3 is 0 Å². The van der Waals surface area contributed by atoms with Crippen molar-refractivity contribution in [2.75, 3.05) is 6.61 Å². The summed E-state index contributed by atoms with van der Waals surface area (Å²) in [6.07, 6.45) is 7.78. The van der Waals surface area contributed by atoms with E-state index >= 15 is 0 Å². The van der Waals surface area contributed by atoms with Crippen molar-refractivity contribution in [3.63, 3.8) is 0 Å². The zero-order chi connectivity index (χ0) is 13.8. The Balaban J connectivity index is 1.44. The van der Waals surface area contributed by atoms with E-state index in [0.717, 1.165) is 37.0 Å². The van der Waals surface area contributed by atoms with Gasteiger partial charge < -0.3 is 4.74 Å². The van der Waals surface area contributed by atoms with Crippen molar-refractivity contribution >= 4 is 5.78 Å². The summed E-state index contributed by atoms with van der Waals surface area (Å²) in [6, 6.07) is 7.52. The smallest absolute Gasteiger partial charge is 0.239 e. The van der Waals surface area contributed by atoms with Gasteiger partial charge in [0.05, 0.1) is 6.61 Å². The maximum atomic E-state index is 11.9. The SMILES string of the molecule is O=C(c1ccc(OCCCc2c[nH+]c[nH]2)cc1)C1CC1. The number of benzene rings is 1. The molecule has 1 saturated carbocycles. The van der Waals surface area contributed by atoms with Crippen LogP contribution in [0.1, 0.15) is 35.3 Å². The van der Waals surface area contributed by atoms with E-state index < -0.39 is 0 Å². The highest BCUT2D eigenvalue weighted by molar-refractivity contribution is 5.99. The third kappa shape index (κ3) is 3.26. The molecule has 0 amide bonds. The van der Waals surface area contributed by atoms with E-state index in [0.29, 0.717) is 6.61 Å². The van der Waals surface area contributed by atoms with Crippen LogP contribution < -0.4 is 9.72 Å². The summed E-state index contributed by atoms with van der Waals surface area (Å²) in [5, 5.41) is 0. The standard InChI is InChI=1S/C16H18N2O2/c19-16(12-3-4-12)13-5-7-15(8-6-13)20-9-1-2-14-10-17-11-18-14/h5-8,10-12H,1-4,9H2,(H,17,18)/p+1. The largest absolute Gasteiger partial charge is 0.494 e. The molecule has 4 heteroatoms. The number of nitrogens with one attached hydrogen (secondary N) is 2. The van der Waals surface area contributed by atoms with E-state index in [-0.39, 0.29) is 11.7 Å². The summed E-state index contributed by atoms with van der Waals surface area (Å²) in [4.78, 5) is 18.0. The lowest BCUT2D eigenvalue weighted by Crippen LogP contribution is -2.02. The van der Waals surface area contributed by atoms with Crippen molar-refractivity contribution in [2.45, 2.75) is 25.7 Å². The van der Waals surface area contributed by atoms with Crippen molar-refractivity contribution < 1.29 is 14.5 Å². The average Bonchev–Trinajstić information content (AvgIpc) is 3.21. The second-order valence-electron chi connectivity index (χ2n) is 5.24. The highest BCUT2D eigenvalue weighted by atomic mass is 16.5. The topological polar surface area (TPSA) is 56.2 Å². The number of ketones is 1. The highest BCUT2D eigenvalue weighted by Gasteiger charge is 2.30. The molecule has 0 bridgehead atoms. The van der Waals surface area contributed by atoms with Gasteiger partial charge in [-0.05, 0) is 43.5 Å². The van der Waals surface area contributed by atoms with Crippen molar-refractivity contribution in [3.05, 3.63) is 48.0 Å². The molecule has 104 valence electrons. The van der Waals surface area contributed by atoms with Gasteiger partial charge in [0.15, 0.2) is 5.78 Å². The van der Waals surface area contributed by atoms with Crippen LogP contribution in [0.4, 0.5) is 0 Å². The van der Waals surface area contributed by atoms with Crippen LogP contribution in [0.3, 0.4) is 0 Å². The Hall–Kier alpha value is -2.10. The number of Topliss-reactive ketones (excluding diaryl/α,β-unsaturated/α-hetero) is 1. The molecule has 1 fully saturated rings. The van der Waals surface area contributed by atoms with Crippen molar-refractivity contribution in [2.24, 2.45) is 5.92 Å². The summed E-state index contributed by atoms with van der Waals surface area (Å²) in [5.74, 6) is 1.38. The monoisotopic (exact) mass is 271 g/mol. The van der Waals surface area contributed by atoms with Gasteiger partial charge in [0, 0.05) is 17.9 Å². The first-order valence-electron chi connectivity index (χ1n) is 7.13. The summed E-state index contributed by atoms with van der Waals surface area (Å²) < 4.78 is 5.68. The fourth-order valence-electron chi connectivity index (χ4n) is 2.21. The molecule has 0 spiro atoms. The first kappa shape index (κ1) is 12.9. The van der Waals surface area contributed by atoms with Gasteiger partial charge in [-0.1, -0.05) is 0 Å². The molecule has 1 aliphatic carbocycles. The highest BCUT2D eigenvalue weighted by Crippen LogP contribution is 2.32. The fourth-order valence-corrected chi connectivity index (χ4v) is 2.21. The van der Waals surface area contributed by atoms with Crippen LogP contribution >= 0.6 is 0 Å². The third-order valence-corrected chi connectivity index (χ3v) is 3.54. The predicted molar refractivity (Wildman–Crippen MR) is 74.7 cm³/mol. The molecule has 3 rings (SSSR count). The number of carbonyl (C=O) groups excluding carboxylic acids is 1. The molecular formula is C16H19N2O2+. The quantitative estimate of drug-likeness (QED) is 0.621. The van der Waals surface area contributed by atoms with Crippen LogP contribution in [-0.4, -0.2) is 17.4 Å². The van der Waals surface area contributed by atoms with Crippen LogP contribution in [0.25, 0.3) is 0 Å². The number of H-pyrrole nitrogens is 2. The van der Waals surface area contributed by atoms with Crippen LogP contribution in [0.5, 0.6) is 5.75 Å². The molecule has 2 aromatic rings. The minimum atomic E-state index is 0.277. The first-order valence-corrected chi connectivity index (χ1v) is 7.13. The predicted octanol–water partition coefficient (Wildman–Crippen LogP) is 2.43. The van der Waals surface area contributed by atoms with Crippen molar-refractivity contribution in [3.8, 4) is 5.75 Å². The van der Waals surface area contributed by atoms with E-state index in [1.165, 1.54) is 5.69 Å². The molecule has 0 saturated heterocycles. The molecule has 1 aromatic carbocycles. The lowest BCUT2D eigenvalue weighted by atomic mass is 10.1. The summed E-state index contributed by atoms with van der Waals surface area (Å²) in [6.45, 7) is 0.676. The maximum Gasteiger partial charge on any atom is 0.239 e.